The number of nitrogens with one attached hydrogen (secondary N) is 2. The molecule has 0 unspecified atom stereocenters. The number of thiophene rings is 1. The lowest BCUT2D eigenvalue weighted by molar-refractivity contribution is -0.124. The van der Waals surface area contributed by atoms with Crippen LogP contribution in [0, 0.1) is 13.8 Å². The Morgan fingerprint density at radius 1 is 1.28 bits per heavy atom. The van der Waals surface area contributed by atoms with Crippen molar-refractivity contribution in [2.75, 3.05) is 6.54 Å². The third-order valence-electron chi connectivity index (χ3n) is 4.44. The van der Waals surface area contributed by atoms with Crippen LogP contribution in [0.5, 0.6) is 0 Å². The predicted octanol–water partition coefficient (Wildman–Crippen LogP) is 2.61. The molecule has 0 spiro atoms. The fourth-order valence-corrected chi connectivity index (χ4v) is 4.16. The molecule has 2 amide bonds. The van der Waals surface area contributed by atoms with Gasteiger partial charge in [-0.25, -0.2) is 9.97 Å². The number of fused-ring (bicyclic) bond motifs is 1. The van der Waals surface area contributed by atoms with Gasteiger partial charge in [-0.3, -0.25) is 9.59 Å². The molecule has 0 radical (unpaired) electrons. The number of carbonyl (C=O) groups excluding carboxylic acids is 2. The largest absolute Gasteiger partial charge is 0.354 e. The zero-order valence-corrected chi connectivity index (χ0v) is 16.1. The molecule has 1 atom stereocenters. The third-order valence-corrected chi connectivity index (χ3v) is 5.62. The van der Waals surface area contributed by atoms with Gasteiger partial charge in [0.2, 0.25) is 5.91 Å². The van der Waals surface area contributed by atoms with Crippen molar-refractivity contribution in [1.82, 2.24) is 20.6 Å². The molecule has 0 aliphatic carbocycles. The summed E-state index contributed by atoms with van der Waals surface area (Å²) < 4.78 is 0. The number of hydrogen-bond donors (Lipinski definition) is 2. The lowest BCUT2D eigenvalue weighted by atomic mass is 9.95. The highest BCUT2D eigenvalue weighted by molar-refractivity contribution is 7.20. The van der Waals surface area contributed by atoms with Crippen molar-refractivity contribution in [1.29, 1.82) is 0 Å². The Hall–Kier alpha value is -2.02. The van der Waals surface area contributed by atoms with Crippen LogP contribution in [-0.2, 0) is 10.2 Å². The topological polar surface area (TPSA) is 84.0 Å². The van der Waals surface area contributed by atoms with Gasteiger partial charge in [-0.15, -0.1) is 11.3 Å². The Kier molecular flexibility index (Phi) is 4.53. The zero-order chi connectivity index (χ0) is 18.4. The molecule has 134 valence electrons. The summed E-state index contributed by atoms with van der Waals surface area (Å²) in [5, 5.41) is 6.59. The lowest BCUT2D eigenvalue weighted by Gasteiger charge is -2.22. The van der Waals surface area contributed by atoms with Gasteiger partial charge < -0.3 is 10.6 Å². The monoisotopic (exact) mass is 360 g/mol. The van der Waals surface area contributed by atoms with Crippen molar-refractivity contribution in [2.24, 2.45) is 0 Å². The Bertz CT molecular complexity index is 851. The number of piperidine rings is 1. The molecule has 2 aromatic heterocycles. The first-order valence-corrected chi connectivity index (χ1v) is 9.37. The highest BCUT2D eigenvalue weighted by Crippen LogP contribution is 2.33. The average molecular weight is 360 g/mol. The molecular formula is C18H24N4O2S. The molecule has 2 aromatic rings. The van der Waals surface area contributed by atoms with Crippen LogP contribution in [0.3, 0.4) is 0 Å². The minimum Gasteiger partial charge on any atom is -0.354 e. The predicted molar refractivity (Wildman–Crippen MR) is 99.1 cm³/mol. The van der Waals surface area contributed by atoms with Gasteiger partial charge in [0.1, 0.15) is 16.7 Å². The van der Waals surface area contributed by atoms with Crippen molar-refractivity contribution < 1.29 is 9.59 Å². The number of hydrogen-bond acceptors (Lipinski definition) is 5. The number of rotatable bonds is 2. The second-order valence-corrected chi connectivity index (χ2v) is 8.58. The molecule has 7 heteroatoms. The molecule has 1 aliphatic rings. The van der Waals surface area contributed by atoms with Crippen molar-refractivity contribution >= 4 is 33.4 Å². The molecule has 3 rings (SSSR count). The van der Waals surface area contributed by atoms with E-state index in [1.54, 1.807) is 0 Å². The van der Waals surface area contributed by atoms with E-state index < -0.39 is 6.04 Å². The van der Waals surface area contributed by atoms with Gasteiger partial charge >= 0.3 is 0 Å². The second kappa shape index (κ2) is 6.37. The van der Waals surface area contributed by atoms with E-state index in [0.29, 0.717) is 17.8 Å². The van der Waals surface area contributed by atoms with Gasteiger partial charge in [0.15, 0.2) is 0 Å². The summed E-state index contributed by atoms with van der Waals surface area (Å²) in [7, 11) is 0. The van der Waals surface area contributed by atoms with Crippen LogP contribution in [0.4, 0.5) is 0 Å². The number of aromatic nitrogens is 2. The number of aryl methyl sites for hydroxylation is 2. The normalized spacial score (nSPS) is 18.3. The van der Waals surface area contributed by atoms with Crippen LogP contribution in [0.25, 0.3) is 10.2 Å². The summed E-state index contributed by atoms with van der Waals surface area (Å²) in [5.74, 6) is 0.459. The third kappa shape index (κ3) is 3.38. The lowest BCUT2D eigenvalue weighted by Crippen LogP contribution is -2.50. The van der Waals surface area contributed by atoms with E-state index in [1.807, 2.05) is 13.8 Å². The molecule has 0 bridgehead atoms. The fraction of sp³-hybridized carbons (Fsp3) is 0.556. The average Bonchev–Trinajstić information content (AvgIpc) is 2.86. The minimum atomic E-state index is -0.455. The fourth-order valence-electron chi connectivity index (χ4n) is 3.02. The Balaban J connectivity index is 1.96. The SMILES string of the molecule is Cc1nc(C(C)(C)C)nc2sc(C(=O)N[C@@H]3CCCNC3=O)c(C)c12. The highest BCUT2D eigenvalue weighted by atomic mass is 32.1. The van der Waals surface area contributed by atoms with Gasteiger partial charge in [-0.05, 0) is 32.3 Å². The summed E-state index contributed by atoms with van der Waals surface area (Å²) >= 11 is 1.37. The van der Waals surface area contributed by atoms with Gasteiger partial charge in [0.05, 0.1) is 10.6 Å². The number of amides is 2. The first-order valence-electron chi connectivity index (χ1n) is 8.55. The standard InChI is InChI=1S/C18H24N4O2S/c1-9-12-10(2)20-17(18(3,4)5)22-16(12)25-13(9)15(24)21-11-7-6-8-19-14(11)23/h11H,6-8H2,1-5H3,(H,19,23)(H,21,24)/t11-/m1/s1. The van der Waals surface area contributed by atoms with E-state index in [0.717, 1.165) is 33.7 Å². The number of nitrogens with zero attached hydrogens (tertiary/aromatic N) is 2. The van der Waals surface area contributed by atoms with Crippen LogP contribution in [-0.4, -0.2) is 34.4 Å². The molecule has 0 saturated carbocycles. The molecule has 1 aliphatic heterocycles. The summed E-state index contributed by atoms with van der Waals surface area (Å²) in [6, 6.07) is -0.455. The Morgan fingerprint density at radius 3 is 2.64 bits per heavy atom. The van der Waals surface area contributed by atoms with Crippen LogP contribution in [0.2, 0.25) is 0 Å². The van der Waals surface area contributed by atoms with Crippen molar-refractivity contribution in [3.63, 3.8) is 0 Å². The van der Waals surface area contributed by atoms with E-state index in [9.17, 15) is 9.59 Å². The van der Waals surface area contributed by atoms with Gasteiger partial charge in [-0.2, -0.15) is 0 Å². The van der Waals surface area contributed by atoms with Crippen molar-refractivity contribution in [3.05, 3.63) is 22.0 Å². The summed E-state index contributed by atoms with van der Waals surface area (Å²) in [6.45, 7) is 10.8. The van der Waals surface area contributed by atoms with Crippen LogP contribution in [0.1, 0.15) is 60.4 Å². The molecule has 1 fully saturated rings. The van der Waals surface area contributed by atoms with E-state index in [2.05, 4.69) is 41.4 Å². The second-order valence-electron chi connectivity index (χ2n) is 7.58. The Labute approximate surface area is 151 Å². The van der Waals surface area contributed by atoms with Gasteiger partial charge in [0, 0.05) is 17.3 Å². The minimum absolute atomic E-state index is 0.107. The highest BCUT2D eigenvalue weighted by Gasteiger charge is 2.27. The van der Waals surface area contributed by atoms with E-state index in [1.165, 1.54) is 11.3 Å². The zero-order valence-electron chi connectivity index (χ0n) is 15.3. The van der Waals surface area contributed by atoms with Crippen LogP contribution >= 0.6 is 11.3 Å². The van der Waals surface area contributed by atoms with E-state index in [-0.39, 0.29) is 17.2 Å². The summed E-state index contributed by atoms with van der Waals surface area (Å²) in [6.07, 6.45) is 1.55. The first-order chi connectivity index (χ1) is 11.7. The quantitative estimate of drug-likeness (QED) is 0.862. The smallest absolute Gasteiger partial charge is 0.262 e. The molecule has 2 N–H and O–H groups in total. The Morgan fingerprint density at radius 2 is 2.00 bits per heavy atom. The molecule has 0 aromatic carbocycles. The molecule has 3 heterocycles. The first kappa shape index (κ1) is 17.8. The maximum Gasteiger partial charge on any atom is 0.262 e. The maximum atomic E-state index is 12.7. The molecular weight excluding hydrogens is 336 g/mol. The molecule has 1 saturated heterocycles. The van der Waals surface area contributed by atoms with Crippen molar-refractivity contribution in [3.8, 4) is 0 Å². The number of carbonyl (C=O) groups is 2. The van der Waals surface area contributed by atoms with Crippen molar-refractivity contribution in [2.45, 2.75) is 58.9 Å². The molecule has 25 heavy (non-hydrogen) atoms. The van der Waals surface area contributed by atoms with E-state index >= 15 is 0 Å². The van der Waals surface area contributed by atoms with E-state index in [4.69, 9.17) is 0 Å². The molecule has 6 nitrogen and oxygen atoms in total. The van der Waals surface area contributed by atoms with Gasteiger partial charge in [0.25, 0.3) is 5.91 Å². The maximum absolute atomic E-state index is 12.7. The summed E-state index contributed by atoms with van der Waals surface area (Å²) in [5.41, 5.74) is 1.62. The van der Waals surface area contributed by atoms with Crippen LogP contribution in [0.15, 0.2) is 0 Å². The van der Waals surface area contributed by atoms with Gasteiger partial charge in [-0.1, -0.05) is 20.8 Å². The summed E-state index contributed by atoms with van der Waals surface area (Å²) in [4.78, 5) is 35.3. The van der Waals surface area contributed by atoms with Crippen LogP contribution < -0.4 is 10.6 Å².